The summed E-state index contributed by atoms with van der Waals surface area (Å²) in [7, 11) is 1.72. The van der Waals surface area contributed by atoms with Crippen LogP contribution in [0, 0.1) is 13.8 Å². The number of aromatic amines is 1. The van der Waals surface area contributed by atoms with Crippen LogP contribution in [0.4, 0.5) is 0 Å². The molecule has 0 spiro atoms. The Bertz CT molecular complexity index is 1020. The van der Waals surface area contributed by atoms with E-state index in [1.54, 1.807) is 11.6 Å². The van der Waals surface area contributed by atoms with Crippen LogP contribution in [0.15, 0.2) is 35.1 Å². The van der Waals surface area contributed by atoms with Crippen LogP contribution in [0.3, 0.4) is 0 Å². The van der Waals surface area contributed by atoms with Gasteiger partial charge in [-0.05, 0) is 39.3 Å². The summed E-state index contributed by atoms with van der Waals surface area (Å²) in [5.41, 5.74) is 4.40. The van der Waals surface area contributed by atoms with E-state index in [0.29, 0.717) is 11.2 Å². The number of benzene rings is 1. The van der Waals surface area contributed by atoms with Gasteiger partial charge in [-0.3, -0.25) is 14.8 Å². The van der Waals surface area contributed by atoms with Gasteiger partial charge in [0.15, 0.2) is 5.65 Å². The number of aromatic nitrogens is 3. The second-order valence-electron chi connectivity index (χ2n) is 7.33. The summed E-state index contributed by atoms with van der Waals surface area (Å²) in [6.45, 7) is 5.56. The van der Waals surface area contributed by atoms with E-state index < -0.39 is 0 Å². The standard InChI is InChI=1S/C21H26N4O2/c1-14-15(2)22-20-12-17(23-25(20)21(14)26)18-9-6-7-11-24(18)13-16-8-4-5-10-19(16)27-3/h4-5,8,10,12,18,23H,6-7,9,11,13H2,1-3H3/t18-/m0/s1. The van der Waals surface area contributed by atoms with Gasteiger partial charge in [-0.1, -0.05) is 24.6 Å². The van der Waals surface area contributed by atoms with Crippen LogP contribution in [0.5, 0.6) is 5.75 Å². The number of hydrogen-bond acceptors (Lipinski definition) is 4. The third kappa shape index (κ3) is 3.25. The smallest absolute Gasteiger partial charge is 0.275 e. The molecule has 3 aromatic rings. The number of ether oxygens (including phenoxy) is 1. The van der Waals surface area contributed by atoms with E-state index in [2.05, 4.69) is 27.1 Å². The van der Waals surface area contributed by atoms with Crippen molar-refractivity contribution < 1.29 is 4.74 Å². The van der Waals surface area contributed by atoms with Crippen LogP contribution in [0.2, 0.25) is 0 Å². The predicted molar refractivity (Wildman–Crippen MR) is 105 cm³/mol. The molecule has 0 amide bonds. The molecule has 1 aliphatic heterocycles. The SMILES string of the molecule is COc1ccccc1CN1CCCC[C@H]1c1cc2nc(C)c(C)c(=O)n2[nH]1. The fraction of sp³-hybridized carbons (Fsp3) is 0.429. The fourth-order valence-corrected chi connectivity index (χ4v) is 3.99. The summed E-state index contributed by atoms with van der Waals surface area (Å²) in [4.78, 5) is 19.6. The highest BCUT2D eigenvalue weighted by molar-refractivity contribution is 5.42. The molecule has 0 unspecified atom stereocenters. The van der Waals surface area contributed by atoms with Gasteiger partial charge in [0.05, 0.1) is 18.8 Å². The average Bonchev–Trinajstić information content (AvgIpc) is 3.11. The highest BCUT2D eigenvalue weighted by Crippen LogP contribution is 2.33. The van der Waals surface area contributed by atoms with Crippen molar-refractivity contribution in [3.63, 3.8) is 0 Å². The zero-order valence-electron chi connectivity index (χ0n) is 16.2. The first-order chi connectivity index (χ1) is 13.1. The van der Waals surface area contributed by atoms with Crippen molar-refractivity contribution in [1.29, 1.82) is 0 Å². The minimum absolute atomic E-state index is 0.0177. The Morgan fingerprint density at radius 3 is 2.89 bits per heavy atom. The van der Waals surface area contributed by atoms with Gasteiger partial charge in [0.1, 0.15) is 5.75 Å². The van der Waals surface area contributed by atoms with E-state index in [-0.39, 0.29) is 11.6 Å². The lowest BCUT2D eigenvalue weighted by atomic mass is 9.98. The summed E-state index contributed by atoms with van der Waals surface area (Å²) in [5, 5.41) is 3.31. The van der Waals surface area contributed by atoms with Gasteiger partial charge in [-0.15, -0.1) is 0 Å². The summed E-state index contributed by atoms with van der Waals surface area (Å²) < 4.78 is 7.10. The molecule has 1 aromatic carbocycles. The molecule has 1 fully saturated rings. The number of rotatable bonds is 4. The predicted octanol–water partition coefficient (Wildman–Crippen LogP) is 3.38. The van der Waals surface area contributed by atoms with E-state index in [1.165, 1.54) is 18.4 Å². The van der Waals surface area contributed by atoms with Crippen molar-refractivity contribution in [1.82, 2.24) is 19.5 Å². The van der Waals surface area contributed by atoms with Gasteiger partial charge in [0.2, 0.25) is 0 Å². The maximum atomic E-state index is 12.6. The lowest BCUT2D eigenvalue weighted by molar-refractivity contribution is 0.135. The van der Waals surface area contributed by atoms with Crippen molar-refractivity contribution in [3.05, 3.63) is 63.2 Å². The van der Waals surface area contributed by atoms with E-state index in [4.69, 9.17) is 4.74 Å². The zero-order chi connectivity index (χ0) is 19.0. The van der Waals surface area contributed by atoms with Gasteiger partial charge < -0.3 is 4.74 Å². The maximum Gasteiger partial charge on any atom is 0.275 e. The van der Waals surface area contributed by atoms with Crippen molar-refractivity contribution in [3.8, 4) is 5.75 Å². The number of nitrogens with one attached hydrogen (secondary N) is 1. The van der Waals surface area contributed by atoms with E-state index in [0.717, 1.165) is 36.6 Å². The first-order valence-corrected chi connectivity index (χ1v) is 9.53. The molecule has 3 heterocycles. The first kappa shape index (κ1) is 17.8. The Morgan fingerprint density at radius 1 is 1.26 bits per heavy atom. The van der Waals surface area contributed by atoms with Crippen molar-refractivity contribution >= 4 is 5.65 Å². The quantitative estimate of drug-likeness (QED) is 0.769. The third-order valence-electron chi connectivity index (χ3n) is 5.64. The van der Waals surface area contributed by atoms with Crippen LogP contribution in [0.25, 0.3) is 5.65 Å². The highest BCUT2D eigenvalue weighted by Gasteiger charge is 2.27. The van der Waals surface area contributed by atoms with Crippen LogP contribution in [0.1, 0.15) is 47.8 Å². The molecule has 0 radical (unpaired) electrons. The minimum Gasteiger partial charge on any atom is -0.496 e. The summed E-state index contributed by atoms with van der Waals surface area (Å²) in [6.07, 6.45) is 3.43. The van der Waals surface area contributed by atoms with Crippen molar-refractivity contribution in [2.45, 2.75) is 45.7 Å². The van der Waals surface area contributed by atoms with E-state index in [9.17, 15) is 4.79 Å². The lowest BCUT2D eigenvalue weighted by Gasteiger charge is -2.35. The molecule has 2 aromatic heterocycles. The molecule has 0 bridgehead atoms. The van der Waals surface area contributed by atoms with Crippen LogP contribution >= 0.6 is 0 Å². The Labute approximate surface area is 158 Å². The molecule has 6 nitrogen and oxygen atoms in total. The van der Waals surface area contributed by atoms with Gasteiger partial charge in [0.25, 0.3) is 5.56 Å². The first-order valence-electron chi connectivity index (χ1n) is 9.53. The molecular weight excluding hydrogens is 340 g/mol. The molecule has 6 heteroatoms. The molecule has 4 rings (SSSR count). The average molecular weight is 366 g/mol. The largest absolute Gasteiger partial charge is 0.496 e. The number of aryl methyl sites for hydroxylation is 1. The fourth-order valence-electron chi connectivity index (χ4n) is 3.99. The molecule has 1 saturated heterocycles. The number of fused-ring (bicyclic) bond motifs is 1. The number of methoxy groups -OCH3 is 1. The number of piperidine rings is 1. The Kier molecular flexibility index (Phi) is 4.74. The van der Waals surface area contributed by atoms with E-state index in [1.807, 2.05) is 32.0 Å². The molecule has 27 heavy (non-hydrogen) atoms. The maximum absolute atomic E-state index is 12.6. The number of H-pyrrole nitrogens is 1. The van der Waals surface area contributed by atoms with Crippen molar-refractivity contribution in [2.24, 2.45) is 0 Å². The van der Waals surface area contributed by atoms with Gasteiger partial charge in [0, 0.05) is 29.4 Å². The Balaban J connectivity index is 1.69. The second kappa shape index (κ2) is 7.19. The summed E-state index contributed by atoms with van der Waals surface area (Å²) in [5.74, 6) is 0.919. The Hall–Kier alpha value is -2.60. The van der Waals surface area contributed by atoms with Crippen LogP contribution in [-0.2, 0) is 6.54 Å². The molecule has 1 N–H and O–H groups in total. The van der Waals surface area contributed by atoms with Crippen LogP contribution < -0.4 is 10.3 Å². The molecule has 1 aliphatic rings. The molecule has 1 atom stereocenters. The molecule has 0 aliphatic carbocycles. The molecule has 142 valence electrons. The topological polar surface area (TPSA) is 62.6 Å². The molecule has 0 saturated carbocycles. The number of nitrogens with zero attached hydrogens (tertiary/aromatic N) is 3. The summed E-state index contributed by atoms with van der Waals surface area (Å²) in [6, 6.07) is 10.4. The number of para-hydroxylation sites is 1. The zero-order valence-corrected chi connectivity index (χ0v) is 16.2. The van der Waals surface area contributed by atoms with Gasteiger partial charge in [-0.2, -0.15) is 0 Å². The Morgan fingerprint density at radius 2 is 2.07 bits per heavy atom. The lowest BCUT2D eigenvalue weighted by Crippen LogP contribution is -2.33. The van der Waals surface area contributed by atoms with Gasteiger partial charge >= 0.3 is 0 Å². The monoisotopic (exact) mass is 366 g/mol. The number of likely N-dealkylation sites (tertiary alicyclic amines) is 1. The normalized spacial score (nSPS) is 18.1. The highest BCUT2D eigenvalue weighted by atomic mass is 16.5. The second-order valence-corrected chi connectivity index (χ2v) is 7.33. The summed E-state index contributed by atoms with van der Waals surface area (Å²) >= 11 is 0. The van der Waals surface area contributed by atoms with E-state index >= 15 is 0 Å². The molecular formula is C21H26N4O2. The number of hydrogen-bond donors (Lipinski definition) is 1. The van der Waals surface area contributed by atoms with Gasteiger partial charge in [-0.25, -0.2) is 9.50 Å². The third-order valence-corrected chi connectivity index (χ3v) is 5.64. The minimum atomic E-state index is -0.0177. The van der Waals surface area contributed by atoms with Crippen molar-refractivity contribution in [2.75, 3.05) is 13.7 Å². The van der Waals surface area contributed by atoms with Crippen LogP contribution in [-0.4, -0.2) is 33.2 Å².